The van der Waals surface area contributed by atoms with Crippen LogP contribution in [0.25, 0.3) is 0 Å². The lowest BCUT2D eigenvalue weighted by atomic mass is 10.1. The van der Waals surface area contributed by atoms with Crippen molar-refractivity contribution in [3.05, 3.63) is 47.0 Å². The minimum atomic E-state index is -0.957. The Morgan fingerprint density at radius 1 is 0.750 bits per heavy atom. The lowest BCUT2D eigenvalue weighted by molar-refractivity contribution is 0.0525. The Morgan fingerprint density at radius 2 is 1.16 bits per heavy atom. The summed E-state index contributed by atoms with van der Waals surface area (Å²) in [5.74, 6) is 1.03. The van der Waals surface area contributed by atoms with Crippen molar-refractivity contribution in [3.63, 3.8) is 0 Å². The van der Waals surface area contributed by atoms with Crippen molar-refractivity contribution in [2.24, 2.45) is 0 Å². The molecule has 0 spiro atoms. The molecule has 0 aromatic carbocycles. The first kappa shape index (κ1) is 38.3. The van der Waals surface area contributed by atoms with Gasteiger partial charge in [-0.05, 0) is 54.4 Å². The molecule has 6 N–H and O–H groups in total. The van der Waals surface area contributed by atoms with E-state index in [2.05, 4.69) is 15.3 Å². The molecule has 2 aromatic rings. The SMILES string of the molecule is CC(C)(C)N(CCCOc1cc(CO)nc(CO)c1)C(=O)O.CC(C)(C)OC(=O)NCCCOc1cc(CO)nc(CO)c1. The van der Waals surface area contributed by atoms with Crippen LogP contribution in [0.1, 0.15) is 77.2 Å². The van der Waals surface area contributed by atoms with Gasteiger partial charge in [-0.1, -0.05) is 0 Å². The summed E-state index contributed by atoms with van der Waals surface area (Å²) in [6.45, 7) is 11.5. The number of nitrogens with zero attached hydrogens (tertiary/aromatic N) is 3. The fourth-order valence-electron chi connectivity index (χ4n) is 3.63. The molecule has 248 valence electrons. The molecule has 0 saturated heterocycles. The van der Waals surface area contributed by atoms with Crippen molar-refractivity contribution in [2.45, 2.75) is 92.0 Å². The fourth-order valence-corrected chi connectivity index (χ4v) is 3.63. The molecular formula is C30H48N4O10. The highest BCUT2D eigenvalue weighted by molar-refractivity contribution is 5.67. The largest absolute Gasteiger partial charge is 0.493 e. The third-order valence-electron chi connectivity index (χ3n) is 5.55. The minimum Gasteiger partial charge on any atom is -0.493 e. The molecule has 2 rings (SSSR count). The monoisotopic (exact) mass is 624 g/mol. The lowest BCUT2D eigenvalue weighted by Crippen LogP contribution is -2.45. The summed E-state index contributed by atoms with van der Waals surface area (Å²) in [6, 6.07) is 6.41. The molecule has 14 heteroatoms. The van der Waals surface area contributed by atoms with Crippen LogP contribution < -0.4 is 14.8 Å². The molecule has 0 unspecified atom stereocenters. The van der Waals surface area contributed by atoms with Gasteiger partial charge in [-0.15, -0.1) is 0 Å². The molecule has 2 heterocycles. The predicted molar refractivity (Wildman–Crippen MR) is 161 cm³/mol. The number of amides is 2. The van der Waals surface area contributed by atoms with Crippen LogP contribution in [-0.4, -0.2) is 90.0 Å². The van der Waals surface area contributed by atoms with Gasteiger partial charge in [-0.2, -0.15) is 0 Å². The molecule has 0 atom stereocenters. The van der Waals surface area contributed by atoms with Crippen LogP contribution in [0.4, 0.5) is 9.59 Å². The van der Waals surface area contributed by atoms with E-state index in [1.807, 2.05) is 20.8 Å². The molecule has 2 amide bonds. The number of carboxylic acid groups (broad SMARTS) is 1. The van der Waals surface area contributed by atoms with Crippen molar-refractivity contribution in [1.29, 1.82) is 0 Å². The summed E-state index contributed by atoms with van der Waals surface area (Å²) in [4.78, 5) is 32.0. The predicted octanol–water partition coefficient (Wildman–Crippen LogP) is 2.97. The van der Waals surface area contributed by atoms with E-state index >= 15 is 0 Å². The first-order valence-corrected chi connectivity index (χ1v) is 14.3. The highest BCUT2D eigenvalue weighted by Crippen LogP contribution is 2.17. The van der Waals surface area contributed by atoms with E-state index in [1.54, 1.807) is 45.0 Å². The molecule has 0 aliphatic carbocycles. The van der Waals surface area contributed by atoms with Gasteiger partial charge in [0.25, 0.3) is 0 Å². The number of ether oxygens (including phenoxy) is 3. The summed E-state index contributed by atoms with van der Waals surface area (Å²) in [5.41, 5.74) is 0.740. The molecule has 2 aromatic heterocycles. The van der Waals surface area contributed by atoms with Gasteiger partial charge >= 0.3 is 12.2 Å². The number of carbonyl (C=O) groups excluding carboxylic acids is 1. The second-order valence-corrected chi connectivity index (χ2v) is 11.6. The van der Waals surface area contributed by atoms with Crippen molar-refractivity contribution in [3.8, 4) is 11.5 Å². The third-order valence-corrected chi connectivity index (χ3v) is 5.55. The normalized spacial score (nSPS) is 11.2. The van der Waals surface area contributed by atoms with Crippen molar-refractivity contribution < 1.29 is 49.3 Å². The van der Waals surface area contributed by atoms with E-state index in [1.165, 1.54) is 4.90 Å². The van der Waals surface area contributed by atoms with Crippen LogP contribution in [0.2, 0.25) is 0 Å². The number of nitrogens with one attached hydrogen (secondary N) is 1. The maximum Gasteiger partial charge on any atom is 0.407 e. The highest BCUT2D eigenvalue weighted by atomic mass is 16.6. The van der Waals surface area contributed by atoms with Gasteiger partial charge in [0.1, 0.15) is 17.1 Å². The van der Waals surface area contributed by atoms with Crippen LogP contribution in [0.5, 0.6) is 11.5 Å². The number of carbonyl (C=O) groups is 2. The lowest BCUT2D eigenvalue weighted by Gasteiger charge is -2.33. The average Bonchev–Trinajstić information content (AvgIpc) is 2.94. The topological polar surface area (TPSA) is 204 Å². The van der Waals surface area contributed by atoms with Crippen molar-refractivity contribution >= 4 is 12.2 Å². The fraction of sp³-hybridized carbons (Fsp3) is 0.600. The molecule has 44 heavy (non-hydrogen) atoms. The van der Waals surface area contributed by atoms with E-state index in [9.17, 15) is 14.7 Å². The van der Waals surface area contributed by atoms with Crippen LogP contribution in [-0.2, 0) is 31.2 Å². The van der Waals surface area contributed by atoms with Crippen molar-refractivity contribution in [1.82, 2.24) is 20.2 Å². The molecule has 0 radical (unpaired) electrons. The number of rotatable bonds is 14. The second-order valence-electron chi connectivity index (χ2n) is 11.6. The number of alkyl carbamates (subject to hydrolysis) is 1. The van der Waals surface area contributed by atoms with Gasteiger partial charge in [0.15, 0.2) is 0 Å². The quantitative estimate of drug-likeness (QED) is 0.168. The van der Waals surface area contributed by atoms with E-state index in [-0.39, 0.29) is 26.4 Å². The molecule has 0 saturated carbocycles. The Kier molecular flexibility index (Phi) is 16.4. The zero-order valence-electron chi connectivity index (χ0n) is 26.5. The summed E-state index contributed by atoms with van der Waals surface area (Å²) in [6.07, 6.45) is -0.276. The standard InChI is InChI=1S/2C15H24N2O5/c1-15(2,3)17(14(20)21)5-4-6-22-13-7-11(9-18)16-12(8-13)10-19;1-15(2,3)22-14(20)16-5-4-6-21-13-7-11(9-18)17-12(8-13)10-19/h7-8,18-19H,4-6,9-10H2,1-3H3,(H,20,21);7-8,18-19H,4-6,9-10H2,1-3H3,(H,16,20). The van der Waals surface area contributed by atoms with E-state index < -0.39 is 23.3 Å². The summed E-state index contributed by atoms with van der Waals surface area (Å²) in [7, 11) is 0. The number of hydrogen-bond donors (Lipinski definition) is 6. The number of hydrogen-bond acceptors (Lipinski definition) is 11. The molecule has 14 nitrogen and oxygen atoms in total. The minimum absolute atomic E-state index is 0.218. The number of aromatic nitrogens is 2. The van der Waals surface area contributed by atoms with Crippen LogP contribution in [0.3, 0.4) is 0 Å². The molecular weight excluding hydrogens is 576 g/mol. The zero-order chi connectivity index (χ0) is 33.3. The number of pyridine rings is 2. The summed E-state index contributed by atoms with van der Waals surface area (Å²) >= 11 is 0. The smallest absolute Gasteiger partial charge is 0.407 e. The summed E-state index contributed by atoms with van der Waals surface area (Å²) in [5, 5.41) is 48.2. The van der Waals surface area contributed by atoms with Gasteiger partial charge in [0.05, 0.1) is 62.4 Å². The van der Waals surface area contributed by atoms with Crippen LogP contribution in [0.15, 0.2) is 24.3 Å². The Balaban J connectivity index is 0.000000440. The maximum atomic E-state index is 11.4. The van der Waals surface area contributed by atoms with E-state index in [0.29, 0.717) is 73.4 Å². The van der Waals surface area contributed by atoms with Gasteiger partial charge in [0, 0.05) is 42.9 Å². The molecule has 0 aliphatic rings. The second kappa shape index (κ2) is 18.8. The number of aliphatic hydroxyl groups is 4. The average molecular weight is 625 g/mol. The van der Waals surface area contributed by atoms with E-state index in [4.69, 9.17) is 34.6 Å². The maximum absolute atomic E-state index is 11.4. The Hall–Kier alpha value is -3.72. The van der Waals surface area contributed by atoms with Gasteiger partial charge < -0.3 is 50.0 Å². The first-order chi connectivity index (χ1) is 20.6. The Bertz CT molecular complexity index is 1120. The number of aliphatic hydroxyl groups excluding tert-OH is 4. The van der Waals surface area contributed by atoms with Crippen molar-refractivity contribution in [2.75, 3.05) is 26.3 Å². The third kappa shape index (κ3) is 15.7. The van der Waals surface area contributed by atoms with Gasteiger partial charge in [-0.3, -0.25) is 9.97 Å². The van der Waals surface area contributed by atoms with Crippen LogP contribution in [0, 0.1) is 0 Å². The Labute approximate surface area is 258 Å². The molecule has 0 bridgehead atoms. The van der Waals surface area contributed by atoms with E-state index in [0.717, 1.165) is 0 Å². The van der Waals surface area contributed by atoms with Gasteiger partial charge in [0.2, 0.25) is 0 Å². The zero-order valence-corrected chi connectivity index (χ0v) is 26.5. The van der Waals surface area contributed by atoms with Gasteiger partial charge in [-0.25, -0.2) is 9.59 Å². The Morgan fingerprint density at radius 3 is 1.50 bits per heavy atom. The molecule has 0 fully saturated rings. The summed E-state index contributed by atoms with van der Waals surface area (Å²) < 4.78 is 16.2. The highest BCUT2D eigenvalue weighted by Gasteiger charge is 2.25. The molecule has 0 aliphatic heterocycles. The van der Waals surface area contributed by atoms with Crippen LogP contribution >= 0.6 is 0 Å². The first-order valence-electron chi connectivity index (χ1n) is 14.3.